The summed E-state index contributed by atoms with van der Waals surface area (Å²) in [6, 6.07) is 0. The molecule has 2 aliphatic carbocycles. The van der Waals surface area contributed by atoms with Crippen LogP contribution >= 0.6 is 0 Å². The summed E-state index contributed by atoms with van der Waals surface area (Å²) in [5.74, 6) is 1.14. The molecule has 0 radical (unpaired) electrons. The summed E-state index contributed by atoms with van der Waals surface area (Å²) in [5, 5.41) is 9.62. The molecule has 3 heteroatoms. The summed E-state index contributed by atoms with van der Waals surface area (Å²) in [7, 11) is 1.68. The molecule has 1 N–H and O–H groups in total. The Balaban J connectivity index is 2.31. The van der Waals surface area contributed by atoms with Crippen molar-refractivity contribution in [3.05, 3.63) is 0 Å². The molecule has 0 aromatic rings. The van der Waals surface area contributed by atoms with Crippen LogP contribution in [0.4, 0.5) is 0 Å². The molecular formula is C18H34O3. The summed E-state index contributed by atoms with van der Waals surface area (Å²) >= 11 is 0. The number of aliphatic hydroxyl groups excluding tert-OH is 1. The van der Waals surface area contributed by atoms with Gasteiger partial charge in [-0.1, -0.05) is 27.2 Å². The van der Waals surface area contributed by atoms with Crippen LogP contribution < -0.4 is 0 Å². The number of fused-ring (bicyclic) bond motifs is 1. The van der Waals surface area contributed by atoms with Gasteiger partial charge in [-0.3, -0.25) is 0 Å². The first kappa shape index (κ1) is 17.2. The monoisotopic (exact) mass is 298 g/mol. The first-order chi connectivity index (χ1) is 9.80. The number of hydrogen-bond acceptors (Lipinski definition) is 3. The van der Waals surface area contributed by atoms with E-state index in [1.807, 2.05) is 0 Å². The largest absolute Gasteiger partial charge is 0.396 e. The van der Waals surface area contributed by atoms with Crippen molar-refractivity contribution in [2.24, 2.45) is 22.7 Å². The van der Waals surface area contributed by atoms with Gasteiger partial charge in [0.05, 0.1) is 5.60 Å². The second-order valence-electron chi connectivity index (χ2n) is 8.37. The molecule has 124 valence electrons. The second kappa shape index (κ2) is 6.17. The van der Waals surface area contributed by atoms with Crippen LogP contribution in [0.15, 0.2) is 0 Å². The fraction of sp³-hybridized carbons (Fsp3) is 1.00. The van der Waals surface area contributed by atoms with Crippen molar-refractivity contribution in [3.63, 3.8) is 0 Å². The summed E-state index contributed by atoms with van der Waals surface area (Å²) in [4.78, 5) is 0. The molecule has 2 rings (SSSR count). The minimum atomic E-state index is -0.169. The predicted octanol–water partition coefficient (Wildman–Crippen LogP) is 3.99. The van der Waals surface area contributed by atoms with Crippen LogP contribution in [0.1, 0.15) is 66.2 Å². The third-order valence-electron chi connectivity index (χ3n) is 6.66. The maximum absolute atomic E-state index is 9.62. The molecule has 4 atom stereocenters. The zero-order valence-electron chi connectivity index (χ0n) is 14.6. The molecule has 2 aliphatic rings. The molecule has 0 spiro atoms. The van der Waals surface area contributed by atoms with Crippen LogP contribution in [0.25, 0.3) is 0 Å². The van der Waals surface area contributed by atoms with Gasteiger partial charge in [0, 0.05) is 13.7 Å². The average Bonchev–Trinajstić information content (AvgIpc) is 2.40. The van der Waals surface area contributed by atoms with E-state index in [0.29, 0.717) is 18.1 Å². The molecule has 0 saturated heterocycles. The zero-order chi connectivity index (χ0) is 15.7. The molecule has 21 heavy (non-hydrogen) atoms. The maximum atomic E-state index is 9.62. The number of ether oxygens (including phenoxy) is 2. The standard InChI is InChI=1S/C18H34O3/c1-16(2)9-6-10-17(3)14(16)7-11-18(4,21-13-20-5)15(17)8-12-19/h14-15,19H,6-13H2,1-5H3/t14?,15-,17+,18-/m1/s1. The van der Waals surface area contributed by atoms with Gasteiger partial charge in [0.1, 0.15) is 6.79 Å². The van der Waals surface area contributed by atoms with Crippen LogP contribution in [-0.4, -0.2) is 31.2 Å². The fourth-order valence-electron chi connectivity index (χ4n) is 5.74. The lowest BCUT2D eigenvalue weighted by molar-refractivity contribution is -0.223. The molecule has 0 aliphatic heterocycles. The first-order valence-electron chi connectivity index (χ1n) is 8.54. The normalized spacial score (nSPS) is 42.6. The number of aliphatic hydroxyl groups is 1. The minimum Gasteiger partial charge on any atom is -0.396 e. The molecule has 0 aromatic carbocycles. The van der Waals surface area contributed by atoms with E-state index in [-0.39, 0.29) is 17.6 Å². The van der Waals surface area contributed by atoms with Gasteiger partial charge in [0.15, 0.2) is 0 Å². The Hall–Kier alpha value is -0.120. The van der Waals surface area contributed by atoms with Crippen LogP contribution in [0, 0.1) is 22.7 Å². The Morgan fingerprint density at radius 3 is 2.43 bits per heavy atom. The van der Waals surface area contributed by atoms with Gasteiger partial charge in [0.25, 0.3) is 0 Å². The van der Waals surface area contributed by atoms with E-state index in [0.717, 1.165) is 18.8 Å². The Morgan fingerprint density at radius 2 is 1.81 bits per heavy atom. The number of methoxy groups -OCH3 is 1. The highest BCUT2D eigenvalue weighted by atomic mass is 16.7. The number of rotatable bonds is 5. The Bertz CT molecular complexity index is 354. The lowest BCUT2D eigenvalue weighted by atomic mass is 9.45. The molecule has 0 heterocycles. The summed E-state index contributed by atoms with van der Waals surface area (Å²) < 4.78 is 11.3. The SMILES string of the molecule is COCO[C@]1(C)CCC2C(C)(C)CCC[C@]2(C)[C@H]1CCO. The quantitative estimate of drug-likeness (QED) is 0.780. The van der Waals surface area contributed by atoms with Gasteiger partial charge in [-0.25, -0.2) is 0 Å². The van der Waals surface area contributed by atoms with Crippen molar-refractivity contribution in [2.75, 3.05) is 20.5 Å². The van der Waals surface area contributed by atoms with Crippen molar-refractivity contribution in [3.8, 4) is 0 Å². The van der Waals surface area contributed by atoms with Gasteiger partial charge >= 0.3 is 0 Å². The van der Waals surface area contributed by atoms with E-state index in [1.165, 1.54) is 25.7 Å². The topological polar surface area (TPSA) is 38.7 Å². The first-order valence-corrected chi connectivity index (χ1v) is 8.54. The van der Waals surface area contributed by atoms with Gasteiger partial charge in [-0.2, -0.15) is 0 Å². The highest BCUT2D eigenvalue weighted by Crippen LogP contribution is 2.63. The fourth-order valence-corrected chi connectivity index (χ4v) is 5.74. The minimum absolute atomic E-state index is 0.169. The Labute approximate surface area is 130 Å². The van der Waals surface area contributed by atoms with Crippen LogP contribution in [0.3, 0.4) is 0 Å². The van der Waals surface area contributed by atoms with Crippen molar-refractivity contribution in [2.45, 2.75) is 71.8 Å². The molecule has 1 unspecified atom stereocenters. The lowest BCUT2D eigenvalue weighted by Crippen LogP contribution is -2.58. The van der Waals surface area contributed by atoms with Gasteiger partial charge in [-0.15, -0.1) is 0 Å². The average molecular weight is 298 g/mol. The van der Waals surface area contributed by atoms with Crippen molar-refractivity contribution in [1.29, 1.82) is 0 Å². The third-order valence-corrected chi connectivity index (χ3v) is 6.66. The molecule has 3 nitrogen and oxygen atoms in total. The second-order valence-corrected chi connectivity index (χ2v) is 8.37. The Morgan fingerprint density at radius 1 is 1.10 bits per heavy atom. The number of hydrogen-bond donors (Lipinski definition) is 1. The highest BCUT2D eigenvalue weighted by molar-refractivity contribution is 5.07. The smallest absolute Gasteiger partial charge is 0.147 e. The van der Waals surface area contributed by atoms with E-state index >= 15 is 0 Å². The van der Waals surface area contributed by atoms with Gasteiger partial charge in [0.2, 0.25) is 0 Å². The van der Waals surface area contributed by atoms with Crippen molar-refractivity contribution >= 4 is 0 Å². The van der Waals surface area contributed by atoms with Gasteiger partial charge in [-0.05, 0) is 61.7 Å². The van der Waals surface area contributed by atoms with E-state index in [4.69, 9.17) is 9.47 Å². The molecule has 0 bridgehead atoms. The molecule has 0 aromatic heterocycles. The highest BCUT2D eigenvalue weighted by Gasteiger charge is 2.58. The van der Waals surface area contributed by atoms with E-state index < -0.39 is 0 Å². The maximum Gasteiger partial charge on any atom is 0.147 e. The lowest BCUT2D eigenvalue weighted by Gasteiger charge is -2.62. The summed E-state index contributed by atoms with van der Waals surface area (Å²) in [6.07, 6.45) is 7.02. The van der Waals surface area contributed by atoms with Crippen LogP contribution in [-0.2, 0) is 9.47 Å². The van der Waals surface area contributed by atoms with E-state index in [1.54, 1.807) is 7.11 Å². The molecule has 2 fully saturated rings. The van der Waals surface area contributed by atoms with Crippen molar-refractivity contribution in [1.82, 2.24) is 0 Å². The molecule has 2 saturated carbocycles. The van der Waals surface area contributed by atoms with Crippen molar-refractivity contribution < 1.29 is 14.6 Å². The molecular weight excluding hydrogens is 264 g/mol. The molecule has 0 amide bonds. The third kappa shape index (κ3) is 3.02. The predicted molar refractivity (Wildman–Crippen MR) is 85.0 cm³/mol. The summed E-state index contributed by atoms with van der Waals surface area (Å²) in [5.41, 5.74) is 0.506. The Kier molecular flexibility index (Phi) is 5.07. The van der Waals surface area contributed by atoms with E-state index in [9.17, 15) is 5.11 Å². The zero-order valence-corrected chi connectivity index (χ0v) is 14.6. The van der Waals surface area contributed by atoms with Gasteiger partial charge < -0.3 is 14.6 Å². The van der Waals surface area contributed by atoms with Crippen LogP contribution in [0.5, 0.6) is 0 Å². The summed E-state index contributed by atoms with van der Waals surface area (Å²) in [6.45, 7) is 10.2. The van der Waals surface area contributed by atoms with E-state index in [2.05, 4.69) is 27.7 Å². The van der Waals surface area contributed by atoms with Crippen LogP contribution in [0.2, 0.25) is 0 Å².